The average molecular weight is 354 g/mol. The summed E-state index contributed by atoms with van der Waals surface area (Å²) in [7, 11) is 0. The highest BCUT2D eigenvalue weighted by Crippen LogP contribution is 2.40. The zero-order valence-corrected chi connectivity index (χ0v) is 11.6. The summed E-state index contributed by atoms with van der Waals surface area (Å²) in [5.41, 5.74) is -4.17. The molecule has 0 aromatic heterocycles. The van der Waals surface area contributed by atoms with Gasteiger partial charge in [-0.2, -0.15) is 26.3 Å². The molecule has 1 aromatic rings. The number of halogens is 8. The Bertz CT molecular complexity index is 523. The lowest BCUT2D eigenvalue weighted by molar-refractivity contribution is -0.144. The molecule has 1 aliphatic heterocycles. The molecule has 1 aromatic carbocycles. The zero-order chi connectivity index (χ0) is 15.8. The molecule has 2 nitrogen and oxygen atoms in total. The van der Waals surface area contributed by atoms with E-state index >= 15 is 0 Å². The van der Waals surface area contributed by atoms with E-state index in [1.807, 2.05) is 0 Å². The Kier molecular flexibility index (Phi) is 5.69. The van der Waals surface area contributed by atoms with Crippen LogP contribution in [0.3, 0.4) is 0 Å². The van der Waals surface area contributed by atoms with Crippen LogP contribution in [0.25, 0.3) is 0 Å². The molecule has 0 radical (unpaired) electrons. The van der Waals surface area contributed by atoms with Crippen LogP contribution in [0.15, 0.2) is 12.1 Å². The molecule has 1 heterocycles. The van der Waals surface area contributed by atoms with Crippen LogP contribution in [-0.4, -0.2) is 19.8 Å². The summed E-state index contributed by atoms with van der Waals surface area (Å²) in [5.74, 6) is -1.56. The molecule has 0 aliphatic carbocycles. The molecule has 126 valence electrons. The predicted octanol–water partition coefficient (Wildman–Crippen LogP) is 3.95. The minimum absolute atomic E-state index is 0. The van der Waals surface area contributed by atoms with Crippen LogP contribution in [0.4, 0.5) is 30.7 Å². The zero-order valence-electron chi connectivity index (χ0n) is 10.8. The van der Waals surface area contributed by atoms with Crippen molar-refractivity contribution in [3.63, 3.8) is 0 Å². The predicted molar refractivity (Wildman–Crippen MR) is 65.2 cm³/mol. The molecule has 1 fully saturated rings. The molecular formula is C12H11ClF7NO. The third-order valence-corrected chi connectivity index (χ3v) is 3.03. The van der Waals surface area contributed by atoms with Crippen LogP contribution in [0, 0.1) is 5.82 Å². The number of alkyl halides is 6. The molecule has 0 unspecified atom stereocenters. The Morgan fingerprint density at radius 3 is 2.14 bits per heavy atom. The summed E-state index contributed by atoms with van der Waals surface area (Å²) in [4.78, 5) is 0. The van der Waals surface area contributed by atoms with Gasteiger partial charge in [0, 0.05) is 12.1 Å². The first-order valence-electron chi connectivity index (χ1n) is 5.89. The van der Waals surface area contributed by atoms with Crippen molar-refractivity contribution in [2.45, 2.75) is 18.4 Å². The van der Waals surface area contributed by atoms with Crippen molar-refractivity contribution in [3.8, 4) is 0 Å². The van der Waals surface area contributed by atoms with Crippen molar-refractivity contribution in [2.24, 2.45) is 0 Å². The van der Waals surface area contributed by atoms with Gasteiger partial charge in [-0.3, -0.25) is 0 Å². The lowest BCUT2D eigenvalue weighted by Crippen LogP contribution is -2.36. The van der Waals surface area contributed by atoms with E-state index in [1.165, 1.54) is 0 Å². The van der Waals surface area contributed by atoms with Gasteiger partial charge in [0.15, 0.2) is 0 Å². The van der Waals surface area contributed by atoms with Gasteiger partial charge >= 0.3 is 12.4 Å². The van der Waals surface area contributed by atoms with Gasteiger partial charge in [-0.15, -0.1) is 12.4 Å². The Morgan fingerprint density at radius 2 is 1.68 bits per heavy atom. The van der Waals surface area contributed by atoms with Crippen LogP contribution in [0.5, 0.6) is 0 Å². The van der Waals surface area contributed by atoms with E-state index in [9.17, 15) is 30.7 Å². The number of nitrogens with one attached hydrogen (secondary N) is 1. The van der Waals surface area contributed by atoms with Crippen molar-refractivity contribution in [3.05, 3.63) is 34.6 Å². The van der Waals surface area contributed by atoms with Crippen LogP contribution >= 0.6 is 12.4 Å². The second-order valence-corrected chi connectivity index (χ2v) is 4.50. The van der Waals surface area contributed by atoms with Gasteiger partial charge in [0.1, 0.15) is 5.82 Å². The van der Waals surface area contributed by atoms with Crippen LogP contribution in [-0.2, 0) is 17.1 Å². The minimum Gasteiger partial charge on any atom is -0.378 e. The minimum atomic E-state index is -5.10. The molecular weight excluding hydrogens is 343 g/mol. The Morgan fingerprint density at radius 1 is 1.05 bits per heavy atom. The van der Waals surface area contributed by atoms with Crippen molar-refractivity contribution in [2.75, 3.05) is 19.8 Å². The molecule has 0 saturated carbocycles. The summed E-state index contributed by atoms with van der Waals surface area (Å²) >= 11 is 0. The largest absolute Gasteiger partial charge is 0.416 e. The maximum atomic E-state index is 13.9. The second kappa shape index (κ2) is 6.59. The molecule has 2 rings (SSSR count). The van der Waals surface area contributed by atoms with Gasteiger partial charge in [-0.25, -0.2) is 4.39 Å². The molecule has 1 aliphatic rings. The van der Waals surface area contributed by atoms with E-state index in [2.05, 4.69) is 5.32 Å². The van der Waals surface area contributed by atoms with E-state index in [0.717, 1.165) is 0 Å². The van der Waals surface area contributed by atoms with Crippen molar-refractivity contribution < 1.29 is 35.5 Å². The first-order chi connectivity index (χ1) is 9.60. The highest BCUT2D eigenvalue weighted by atomic mass is 35.5. The first kappa shape index (κ1) is 19.0. The van der Waals surface area contributed by atoms with Gasteiger partial charge in [0.2, 0.25) is 0 Å². The number of hydrogen-bond acceptors (Lipinski definition) is 2. The molecule has 0 spiro atoms. The number of ether oxygens (including phenoxy) is 1. The Balaban J connectivity index is 0.00000242. The van der Waals surface area contributed by atoms with Crippen LogP contribution < -0.4 is 5.32 Å². The molecule has 1 saturated heterocycles. The molecule has 1 atom stereocenters. The number of rotatable bonds is 1. The van der Waals surface area contributed by atoms with Crippen LogP contribution in [0.2, 0.25) is 0 Å². The topological polar surface area (TPSA) is 21.3 Å². The third kappa shape index (κ3) is 4.02. The van der Waals surface area contributed by atoms with E-state index in [-0.39, 0.29) is 44.3 Å². The van der Waals surface area contributed by atoms with Crippen LogP contribution in [0.1, 0.15) is 22.7 Å². The monoisotopic (exact) mass is 353 g/mol. The smallest absolute Gasteiger partial charge is 0.378 e. The van der Waals surface area contributed by atoms with E-state index in [4.69, 9.17) is 4.74 Å². The number of benzene rings is 1. The molecule has 22 heavy (non-hydrogen) atoms. The molecule has 0 amide bonds. The standard InChI is InChI=1S/C12H10F7NO.ClH/c13-8-4-6(11(14,15)16)3-7(12(17,18)19)10(8)9-5-21-2-1-20-9;/h3-4,9,20H,1-2,5H2;1H/t9-;/m0./s1. The Labute approximate surface area is 127 Å². The van der Waals surface area contributed by atoms with Gasteiger partial charge in [-0.05, 0) is 12.1 Å². The highest BCUT2D eigenvalue weighted by molar-refractivity contribution is 5.85. The SMILES string of the molecule is Cl.Fc1cc(C(F)(F)F)cc(C(F)(F)F)c1[C@@H]1COCCN1. The second-order valence-electron chi connectivity index (χ2n) is 4.50. The summed E-state index contributed by atoms with van der Waals surface area (Å²) in [6.45, 7) is 0.174. The maximum Gasteiger partial charge on any atom is 0.416 e. The fourth-order valence-corrected chi connectivity index (χ4v) is 2.12. The summed E-state index contributed by atoms with van der Waals surface area (Å²) in [5, 5.41) is 2.60. The molecule has 1 N–H and O–H groups in total. The van der Waals surface area contributed by atoms with Gasteiger partial charge in [-0.1, -0.05) is 0 Å². The van der Waals surface area contributed by atoms with E-state index in [1.54, 1.807) is 0 Å². The summed E-state index contributed by atoms with van der Waals surface area (Å²) < 4.78 is 95.3. The molecule has 10 heteroatoms. The van der Waals surface area contributed by atoms with E-state index in [0.29, 0.717) is 0 Å². The first-order valence-corrected chi connectivity index (χ1v) is 5.89. The number of hydrogen-bond donors (Lipinski definition) is 1. The third-order valence-electron chi connectivity index (χ3n) is 3.03. The molecule has 0 bridgehead atoms. The Hall–Kier alpha value is -1.06. The fourth-order valence-electron chi connectivity index (χ4n) is 2.12. The lowest BCUT2D eigenvalue weighted by Gasteiger charge is -2.27. The maximum absolute atomic E-state index is 13.9. The average Bonchev–Trinajstić information content (AvgIpc) is 2.36. The lowest BCUT2D eigenvalue weighted by atomic mass is 9.96. The van der Waals surface area contributed by atoms with E-state index < -0.39 is 40.9 Å². The summed E-state index contributed by atoms with van der Waals surface area (Å²) in [6, 6.07) is -1.15. The quantitative estimate of drug-likeness (QED) is 0.772. The van der Waals surface area contributed by atoms with Gasteiger partial charge in [0.05, 0.1) is 30.4 Å². The van der Waals surface area contributed by atoms with Crippen molar-refractivity contribution in [1.29, 1.82) is 0 Å². The van der Waals surface area contributed by atoms with Gasteiger partial charge in [0.25, 0.3) is 0 Å². The summed E-state index contributed by atoms with van der Waals surface area (Å²) in [6.07, 6.45) is -10.2. The fraction of sp³-hybridized carbons (Fsp3) is 0.500. The normalized spacial score (nSPS) is 19.7. The van der Waals surface area contributed by atoms with Crippen molar-refractivity contribution >= 4 is 12.4 Å². The van der Waals surface area contributed by atoms with Gasteiger partial charge < -0.3 is 10.1 Å². The van der Waals surface area contributed by atoms with Crippen molar-refractivity contribution in [1.82, 2.24) is 5.32 Å². The number of morpholine rings is 1. The highest BCUT2D eigenvalue weighted by Gasteiger charge is 2.41.